The summed E-state index contributed by atoms with van der Waals surface area (Å²) in [6.07, 6.45) is 0.316. The average molecular weight is 226 g/mol. The smallest absolute Gasteiger partial charge is 0.178 e. The Hall–Kier alpha value is -1.16. The topological polar surface area (TPSA) is 51.2 Å². The summed E-state index contributed by atoms with van der Waals surface area (Å²) in [7, 11) is -3.30. The zero-order chi connectivity index (χ0) is 11.5. The van der Waals surface area contributed by atoms with Crippen molar-refractivity contribution in [1.82, 2.24) is 0 Å². The van der Waals surface area contributed by atoms with Crippen molar-refractivity contribution in [2.24, 2.45) is 0 Å². The molecule has 4 heteroatoms. The minimum atomic E-state index is -3.30. The van der Waals surface area contributed by atoms with Crippen LogP contribution in [0.4, 0.5) is 0 Å². The van der Waals surface area contributed by atoms with E-state index >= 15 is 0 Å². The molecule has 0 radical (unpaired) electrons. The second-order valence-corrected chi connectivity index (χ2v) is 5.42. The first kappa shape index (κ1) is 11.9. The Morgan fingerprint density at radius 1 is 1.20 bits per heavy atom. The van der Waals surface area contributed by atoms with Crippen molar-refractivity contribution in [3.05, 3.63) is 29.8 Å². The van der Waals surface area contributed by atoms with E-state index < -0.39 is 9.84 Å². The molecule has 0 bridgehead atoms. The van der Waals surface area contributed by atoms with Crippen LogP contribution in [0, 0.1) is 0 Å². The van der Waals surface area contributed by atoms with Crippen LogP contribution in [0.25, 0.3) is 0 Å². The molecule has 0 N–H and O–H groups in total. The zero-order valence-electron chi connectivity index (χ0n) is 8.86. The largest absolute Gasteiger partial charge is 0.294 e. The fourth-order valence-electron chi connectivity index (χ4n) is 1.31. The molecule has 0 spiro atoms. The summed E-state index contributed by atoms with van der Waals surface area (Å²) in [4.78, 5) is 11.7. The van der Waals surface area contributed by atoms with Gasteiger partial charge in [-0.05, 0) is 6.07 Å². The van der Waals surface area contributed by atoms with Crippen LogP contribution in [0.1, 0.15) is 30.6 Å². The molecular formula is C11H14O3S. The first-order valence-corrected chi connectivity index (χ1v) is 6.53. The van der Waals surface area contributed by atoms with E-state index in [1.165, 1.54) is 6.07 Å². The number of ketones is 1. The molecule has 0 fully saturated rings. The third kappa shape index (κ3) is 2.45. The number of benzene rings is 1. The Morgan fingerprint density at radius 2 is 1.80 bits per heavy atom. The molecule has 0 atom stereocenters. The van der Waals surface area contributed by atoms with Gasteiger partial charge in [-0.15, -0.1) is 0 Å². The molecule has 0 saturated heterocycles. The molecular weight excluding hydrogens is 212 g/mol. The fourth-order valence-corrected chi connectivity index (χ4v) is 2.43. The maximum atomic E-state index is 11.7. The third-order valence-corrected chi connectivity index (χ3v) is 4.01. The summed E-state index contributed by atoms with van der Waals surface area (Å²) >= 11 is 0. The quantitative estimate of drug-likeness (QED) is 0.738. The van der Waals surface area contributed by atoms with Crippen LogP contribution in [0.3, 0.4) is 0 Å². The normalized spacial score (nSPS) is 11.3. The maximum Gasteiger partial charge on any atom is 0.178 e. The molecule has 0 aliphatic carbocycles. The SMILES string of the molecule is CCC(=O)c1ccccc1S(=O)(=O)CC. The highest BCUT2D eigenvalue weighted by atomic mass is 32.2. The number of carbonyl (C=O) groups excluding carboxylic acids is 1. The first-order valence-electron chi connectivity index (χ1n) is 4.88. The van der Waals surface area contributed by atoms with Gasteiger partial charge in [-0.25, -0.2) is 8.42 Å². The summed E-state index contributed by atoms with van der Waals surface area (Å²) in [6, 6.07) is 6.36. The second kappa shape index (κ2) is 4.57. The van der Waals surface area contributed by atoms with Crippen LogP contribution in [0.5, 0.6) is 0 Å². The molecule has 0 heterocycles. The molecule has 0 aromatic heterocycles. The number of hydrogen-bond acceptors (Lipinski definition) is 3. The Morgan fingerprint density at radius 3 is 2.33 bits per heavy atom. The third-order valence-electron chi connectivity index (χ3n) is 2.22. The molecule has 0 amide bonds. The summed E-state index contributed by atoms with van der Waals surface area (Å²) in [6.45, 7) is 3.29. The standard InChI is InChI=1S/C11H14O3S/c1-3-10(12)9-7-5-6-8-11(9)15(13,14)4-2/h5-8H,3-4H2,1-2H3. The van der Waals surface area contributed by atoms with Crippen LogP contribution in [-0.4, -0.2) is 20.0 Å². The lowest BCUT2D eigenvalue weighted by molar-refractivity contribution is 0.0985. The van der Waals surface area contributed by atoms with Gasteiger partial charge in [0.25, 0.3) is 0 Å². The van der Waals surface area contributed by atoms with Gasteiger partial charge in [-0.3, -0.25) is 4.79 Å². The highest BCUT2D eigenvalue weighted by Crippen LogP contribution is 2.18. The van der Waals surface area contributed by atoms with E-state index in [-0.39, 0.29) is 16.4 Å². The van der Waals surface area contributed by atoms with Crippen LogP contribution in [0.15, 0.2) is 29.2 Å². The minimum absolute atomic E-state index is 0.0149. The van der Waals surface area contributed by atoms with Gasteiger partial charge < -0.3 is 0 Å². The van der Waals surface area contributed by atoms with Gasteiger partial charge in [0, 0.05) is 12.0 Å². The molecule has 0 unspecified atom stereocenters. The van der Waals surface area contributed by atoms with Crippen LogP contribution in [0.2, 0.25) is 0 Å². The predicted molar refractivity (Wildman–Crippen MR) is 58.8 cm³/mol. The average Bonchev–Trinajstić information content (AvgIpc) is 2.28. The molecule has 0 saturated carbocycles. The molecule has 3 nitrogen and oxygen atoms in total. The van der Waals surface area contributed by atoms with Gasteiger partial charge >= 0.3 is 0 Å². The highest BCUT2D eigenvalue weighted by molar-refractivity contribution is 7.91. The molecule has 0 aliphatic heterocycles. The Kier molecular flexibility index (Phi) is 3.63. The molecule has 1 aromatic rings. The van der Waals surface area contributed by atoms with Crippen molar-refractivity contribution >= 4 is 15.6 Å². The lowest BCUT2D eigenvalue weighted by Gasteiger charge is -2.06. The fraction of sp³-hybridized carbons (Fsp3) is 0.364. The van der Waals surface area contributed by atoms with Gasteiger partial charge in [0.05, 0.1) is 10.6 Å². The van der Waals surface area contributed by atoms with E-state index in [9.17, 15) is 13.2 Å². The maximum absolute atomic E-state index is 11.7. The zero-order valence-corrected chi connectivity index (χ0v) is 9.67. The van der Waals surface area contributed by atoms with Crippen molar-refractivity contribution in [3.8, 4) is 0 Å². The number of sulfone groups is 1. The van der Waals surface area contributed by atoms with E-state index in [1.807, 2.05) is 0 Å². The molecule has 82 valence electrons. The monoisotopic (exact) mass is 226 g/mol. The highest BCUT2D eigenvalue weighted by Gasteiger charge is 2.18. The number of rotatable bonds is 4. The lowest BCUT2D eigenvalue weighted by atomic mass is 10.1. The van der Waals surface area contributed by atoms with Crippen LogP contribution in [-0.2, 0) is 9.84 Å². The van der Waals surface area contributed by atoms with Gasteiger partial charge in [0.1, 0.15) is 0 Å². The van der Waals surface area contributed by atoms with E-state index in [0.29, 0.717) is 12.0 Å². The van der Waals surface area contributed by atoms with Crippen molar-refractivity contribution in [2.45, 2.75) is 25.2 Å². The molecule has 0 aliphatic rings. The molecule has 1 rings (SSSR count). The van der Waals surface area contributed by atoms with Gasteiger partial charge in [0.2, 0.25) is 0 Å². The van der Waals surface area contributed by atoms with Crippen molar-refractivity contribution in [3.63, 3.8) is 0 Å². The summed E-state index contributed by atoms with van der Waals surface area (Å²) < 4.78 is 23.4. The summed E-state index contributed by atoms with van der Waals surface area (Å²) in [5.74, 6) is -0.122. The van der Waals surface area contributed by atoms with Crippen LogP contribution < -0.4 is 0 Å². The number of Topliss-reactive ketones (excluding diaryl/α,β-unsaturated/α-hetero) is 1. The summed E-state index contributed by atoms with van der Waals surface area (Å²) in [5, 5.41) is 0. The first-order chi connectivity index (χ1) is 7.03. The summed E-state index contributed by atoms with van der Waals surface area (Å²) in [5.41, 5.74) is 0.307. The van der Waals surface area contributed by atoms with Gasteiger partial charge in [-0.1, -0.05) is 32.0 Å². The van der Waals surface area contributed by atoms with Gasteiger partial charge in [0.15, 0.2) is 15.6 Å². The minimum Gasteiger partial charge on any atom is -0.294 e. The number of hydrogen-bond donors (Lipinski definition) is 0. The number of carbonyl (C=O) groups is 1. The lowest BCUT2D eigenvalue weighted by Crippen LogP contribution is -2.10. The predicted octanol–water partition coefficient (Wildman–Crippen LogP) is 2.07. The van der Waals surface area contributed by atoms with Crippen molar-refractivity contribution in [1.29, 1.82) is 0 Å². The van der Waals surface area contributed by atoms with Crippen molar-refractivity contribution < 1.29 is 13.2 Å². The molecule has 1 aromatic carbocycles. The Balaban J connectivity index is 3.37. The van der Waals surface area contributed by atoms with E-state index in [0.717, 1.165) is 0 Å². The van der Waals surface area contributed by atoms with E-state index in [4.69, 9.17) is 0 Å². The Bertz CT molecular complexity index is 460. The Labute approximate surface area is 90.0 Å². The van der Waals surface area contributed by atoms with Crippen molar-refractivity contribution in [2.75, 3.05) is 5.75 Å². The van der Waals surface area contributed by atoms with E-state index in [1.54, 1.807) is 32.0 Å². The second-order valence-electron chi connectivity index (χ2n) is 3.18. The van der Waals surface area contributed by atoms with Crippen LogP contribution >= 0.6 is 0 Å². The van der Waals surface area contributed by atoms with E-state index in [2.05, 4.69) is 0 Å². The van der Waals surface area contributed by atoms with Gasteiger partial charge in [-0.2, -0.15) is 0 Å². The molecule has 15 heavy (non-hydrogen) atoms.